The van der Waals surface area contributed by atoms with E-state index in [1.165, 1.54) is 0 Å². The Bertz CT molecular complexity index is 237. The van der Waals surface area contributed by atoms with Crippen LogP contribution in [0.5, 0.6) is 0 Å². The fourth-order valence-electron chi connectivity index (χ4n) is 0.797. The van der Waals surface area contributed by atoms with Crippen molar-refractivity contribution in [1.29, 1.82) is 0 Å². The van der Waals surface area contributed by atoms with Crippen molar-refractivity contribution >= 4 is 20.0 Å². The van der Waals surface area contributed by atoms with E-state index in [1.807, 2.05) is 0 Å². The van der Waals surface area contributed by atoms with Gasteiger partial charge >= 0.3 is 11.9 Å². The van der Waals surface area contributed by atoms with Crippen LogP contribution in [0.1, 0.15) is 6.42 Å². The van der Waals surface area contributed by atoms with Crippen molar-refractivity contribution < 1.29 is 19.4 Å². The number of aliphatic carboxylic acids is 1. The SMILES string of the molecule is C[Si](C)(C)CCOC(=O)C[C@H](N)C(=O)O. The zero-order valence-corrected chi connectivity index (χ0v) is 10.4. The number of carbonyl (C=O) groups excluding carboxylic acids is 1. The molecular weight excluding hydrogens is 214 g/mol. The van der Waals surface area contributed by atoms with Crippen molar-refractivity contribution in [2.45, 2.75) is 38.1 Å². The van der Waals surface area contributed by atoms with Crippen molar-refractivity contribution in [3.63, 3.8) is 0 Å². The first-order valence-electron chi connectivity index (χ1n) is 4.86. The molecule has 0 amide bonds. The second-order valence-electron chi connectivity index (χ2n) is 4.68. The second-order valence-corrected chi connectivity index (χ2v) is 10.3. The Morgan fingerprint density at radius 1 is 1.40 bits per heavy atom. The Balaban J connectivity index is 3.72. The summed E-state index contributed by atoms with van der Waals surface area (Å²) in [5.74, 6) is -1.72. The van der Waals surface area contributed by atoms with Crippen molar-refractivity contribution in [1.82, 2.24) is 0 Å². The fourth-order valence-corrected chi connectivity index (χ4v) is 1.51. The van der Waals surface area contributed by atoms with Crippen molar-refractivity contribution in [2.75, 3.05) is 6.61 Å². The third-order valence-corrected chi connectivity index (χ3v) is 3.52. The Morgan fingerprint density at radius 3 is 2.33 bits per heavy atom. The van der Waals surface area contributed by atoms with Gasteiger partial charge in [0.2, 0.25) is 0 Å². The Hall–Kier alpha value is -0.883. The van der Waals surface area contributed by atoms with Gasteiger partial charge in [-0.2, -0.15) is 0 Å². The number of hydrogen-bond acceptors (Lipinski definition) is 4. The van der Waals surface area contributed by atoms with Gasteiger partial charge in [-0.3, -0.25) is 9.59 Å². The van der Waals surface area contributed by atoms with Crippen LogP contribution >= 0.6 is 0 Å². The summed E-state index contributed by atoms with van der Waals surface area (Å²) in [6.07, 6.45) is -0.263. The lowest BCUT2D eigenvalue weighted by Gasteiger charge is -2.15. The molecule has 0 aliphatic carbocycles. The van der Waals surface area contributed by atoms with Crippen LogP contribution in [-0.2, 0) is 14.3 Å². The molecule has 15 heavy (non-hydrogen) atoms. The highest BCUT2D eigenvalue weighted by Crippen LogP contribution is 2.08. The zero-order valence-electron chi connectivity index (χ0n) is 9.45. The maximum atomic E-state index is 11.1. The highest BCUT2D eigenvalue weighted by molar-refractivity contribution is 6.76. The molecule has 0 saturated heterocycles. The first-order valence-corrected chi connectivity index (χ1v) is 8.57. The molecule has 88 valence electrons. The summed E-state index contributed by atoms with van der Waals surface area (Å²) >= 11 is 0. The van der Waals surface area contributed by atoms with Gasteiger partial charge in [-0.15, -0.1) is 0 Å². The van der Waals surface area contributed by atoms with Gasteiger partial charge in [0, 0.05) is 8.07 Å². The molecule has 1 atom stereocenters. The van der Waals surface area contributed by atoms with E-state index in [-0.39, 0.29) is 6.42 Å². The van der Waals surface area contributed by atoms with E-state index in [9.17, 15) is 9.59 Å². The summed E-state index contributed by atoms with van der Waals surface area (Å²) in [5, 5.41) is 8.46. The van der Waals surface area contributed by atoms with Crippen LogP contribution in [0.4, 0.5) is 0 Å². The van der Waals surface area contributed by atoms with Crippen LogP contribution in [0.2, 0.25) is 25.7 Å². The molecule has 0 aliphatic rings. The lowest BCUT2D eigenvalue weighted by molar-refractivity contribution is -0.148. The van der Waals surface area contributed by atoms with E-state index in [1.54, 1.807) is 0 Å². The molecule has 0 fully saturated rings. The van der Waals surface area contributed by atoms with Crippen molar-refractivity contribution in [3.8, 4) is 0 Å². The van der Waals surface area contributed by atoms with Crippen LogP contribution in [-0.4, -0.2) is 37.8 Å². The molecule has 0 rings (SSSR count). The van der Waals surface area contributed by atoms with Crippen LogP contribution in [0, 0.1) is 0 Å². The topological polar surface area (TPSA) is 89.6 Å². The molecule has 6 heteroatoms. The number of rotatable bonds is 6. The highest BCUT2D eigenvalue weighted by atomic mass is 28.3. The Morgan fingerprint density at radius 2 is 1.93 bits per heavy atom. The van der Waals surface area contributed by atoms with Gasteiger partial charge in [-0.25, -0.2) is 0 Å². The van der Waals surface area contributed by atoms with E-state index in [4.69, 9.17) is 15.6 Å². The molecule has 0 heterocycles. The number of nitrogens with two attached hydrogens (primary N) is 1. The smallest absolute Gasteiger partial charge is 0.321 e. The van der Waals surface area contributed by atoms with Gasteiger partial charge in [0.05, 0.1) is 13.0 Å². The Kier molecular flexibility index (Phi) is 5.52. The lowest BCUT2D eigenvalue weighted by Crippen LogP contribution is -2.33. The maximum Gasteiger partial charge on any atom is 0.321 e. The average Bonchev–Trinajstić information content (AvgIpc) is 2.01. The van der Waals surface area contributed by atoms with Crippen molar-refractivity contribution in [2.24, 2.45) is 5.73 Å². The molecule has 0 aromatic rings. The molecule has 0 bridgehead atoms. The van der Waals surface area contributed by atoms with Gasteiger partial charge < -0.3 is 15.6 Å². The first kappa shape index (κ1) is 14.1. The summed E-state index contributed by atoms with van der Waals surface area (Å²) in [6.45, 7) is 6.87. The molecule has 0 spiro atoms. The largest absolute Gasteiger partial charge is 0.480 e. The molecule has 0 saturated carbocycles. The van der Waals surface area contributed by atoms with Crippen LogP contribution in [0.15, 0.2) is 0 Å². The molecule has 3 N–H and O–H groups in total. The summed E-state index contributed by atoms with van der Waals surface area (Å²) in [7, 11) is -1.21. The number of carboxylic acid groups (broad SMARTS) is 1. The number of hydrogen-bond donors (Lipinski definition) is 2. The minimum Gasteiger partial charge on any atom is -0.480 e. The average molecular weight is 233 g/mol. The van der Waals surface area contributed by atoms with Crippen LogP contribution in [0.3, 0.4) is 0 Å². The van der Waals surface area contributed by atoms with Gasteiger partial charge in [-0.1, -0.05) is 19.6 Å². The molecule has 0 aromatic heterocycles. The van der Waals surface area contributed by atoms with Gasteiger partial charge in [0.15, 0.2) is 0 Å². The standard InChI is InChI=1S/C9H19NO4Si/c1-15(2,3)5-4-14-8(11)6-7(10)9(12)13/h7H,4-6,10H2,1-3H3,(H,12,13)/t7-/m0/s1. The molecule has 0 radical (unpaired) electrons. The number of carboxylic acids is 1. The summed E-state index contributed by atoms with van der Waals surface area (Å²) in [4.78, 5) is 21.4. The second kappa shape index (κ2) is 5.87. The Labute approximate surface area is 90.6 Å². The van der Waals surface area contributed by atoms with Gasteiger partial charge in [0.1, 0.15) is 6.04 Å². The molecule has 0 aliphatic heterocycles. The fraction of sp³-hybridized carbons (Fsp3) is 0.778. The minimum absolute atomic E-state index is 0.263. The maximum absolute atomic E-state index is 11.1. The quantitative estimate of drug-likeness (QED) is 0.520. The van der Waals surface area contributed by atoms with E-state index in [0.29, 0.717) is 6.61 Å². The summed E-state index contributed by atoms with van der Waals surface area (Å²) in [6, 6.07) is -0.287. The van der Waals surface area contributed by atoms with Crippen LogP contribution < -0.4 is 5.73 Å². The predicted molar refractivity (Wildman–Crippen MR) is 59.3 cm³/mol. The van der Waals surface area contributed by atoms with Gasteiger partial charge in [0.25, 0.3) is 0 Å². The summed E-state index contributed by atoms with van der Waals surface area (Å²) in [5.41, 5.74) is 5.18. The molecule has 0 unspecified atom stereocenters. The third kappa shape index (κ3) is 8.13. The molecule has 5 nitrogen and oxygen atoms in total. The molecule has 0 aromatic carbocycles. The van der Waals surface area contributed by atoms with E-state index in [2.05, 4.69) is 19.6 Å². The molecular formula is C9H19NO4Si. The normalized spacial score (nSPS) is 13.3. The predicted octanol–water partition coefficient (Wildman–Crippen LogP) is 0.670. The van der Waals surface area contributed by atoms with Crippen LogP contribution in [0.25, 0.3) is 0 Å². The number of ether oxygens (including phenoxy) is 1. The lowest BCUT2D eigenvalue weighted by atomic mass is 10.2. The number of esters is 1. The highest BCUT2D eigenvalue weighted by Gasteiger charge is 2.18. The summed E-state index contributed by atoms with van der Waals surface area (Å²) < 4.78 is 4.89. The monoisotopic (exact) mass is 233 g/mol. The first-order chi connectivity index (χ1) is 6.72. The minimum atomic E-state index is -1.21. The van der Waals surface area contributed by atoms with Crippen molar-refractivity contribution in [3.05, 3.63) is 0 Å². The van der Waals surface area contributed by atoms with E-state index < -0.39 is 26.1 Å². The van der Waals surface area contributed by atoms with Gasteiger partial charge in [-0.05, 0) is 6.04 Å². The van der Waals surface area contributed by atoms with E-state index >= 15 is 0 Å². The zero-order chi connectivity index (χ0) is 12.1. The number of carbonyl (C=O) groups is 2. The third-order valence-electron chi connectivity index (χ3n) is 1.82. The van der Waals surface area contributed by atoms with E-state index in [0.717, 1.165) is 6.04 Å².